The highest BCUT2D eigenvalue weighted by molar-refractivity contribution is 7.80. The number of hydrogen-bond acceptors (Lipinski definition) is 3. The van der Waals surface area contributed by atoms with Crippen LogP contribution in [0, 0.1) is 6.54 Å². The summed E-state index contributed by atoms with van der Waals surface area (Å²) in [6, 6.07) is 8.02. The Morgan fingerprint density at radius 1 is 1.35 bits per heavy atom. The van der Waals surface area contributed by atoms with Crippen LogP contribution in [0.3, 0.4) is 0 Å². The fraction of sp³-hybridized carbons (Fsp3) is 0. The van der Waals surface area contributed by atoms with Gasteiger partial charge in [-0.1, -0.05) is 12.1 Å². The summed E-state index contributed by atoms with van der Waals surface area (Å²) >= 11 is 5.06. The molecule has 0 spiro atoms. The molecule has 1 aromatic heterocycles. The van der Waals surface area contributed by atoms with E-state index in [0.717, 1.165) is 5.56 Å². The largest absolute Gasteiger partial charge is 0.508 e. The molecule has 1 heterocycles. The van der Waals surface area contributed by atoms with Crippen molar-refractivity contribution in [2.45, 2.75) is 0 Å². The van der Waals surface area contributed by atoms with Crippen LogP contribution in [0.1, 0.15) is 5.56 Å². The lowest BCUT2D eigenvalue weighted by Crippen LogP contribution is -2.27. The van der Waals surface area contributed by atoms with Crippen LogP contribution in [0.2, 0.25) is 0 Å². The molecule has 0 atom stereocenters. The quantitative estimate of drug-likeness (QED) is 0.688. The van der Waals surface area contributed by atoms with Gasteiger partial charge in [0.15, 0.2) is 5.11 Å². The second kappa shape index (κ2) is 4.84. The number of aromatic nitrogens is 2. The van der Waals surface area contributed by atoms with Gasteiger partial charge in [-0.25, -0.2) is 4.68 Å². The van der Waals surface area contributed by atoms with E-state index < -0.39 is 0 Å². The highest BCUT2D eigenvalue weighted by atomic mass is 32.1. The molecule has 1 aromatic carbocycles. The van der Waals surface area contributed by atoms with Gasteiger partial charge in [-0.15, -0.1) is 0 Å². The van der Waals surface area contributed by atoms with Crippen LogP contribution >= 0.6 is 12.2 Å². The summed E-state index contributed by atoms with van der Waals surface area (Å²) in [4.78, 5) is 10.9. The van der Waals surface area contributed by atoms with Crippen molar-refractivity contribution in [2.24, 2.45) is 0 Å². The van der Waals surface area contributed by atoms with E-state index in [1.165, 1.54) is 10.7 Å². The Bertz CT molecular complexity index is 571. The normalized spacial score (nSPS) is 10.1. The van der Waals surface area contributed by atoms with Crippen LogP contribution in [0.4, 0.5) is 0 Å². The fourth-order valence-electron chi connectivity index (χ4n) is 1.24. The van der Waals surface area contributed by atoms with Crippen molar-refractivity contribution >= 4 is 17.3 Å². The van der Waals surface area contributed by atoms with Crippen LogP contribution < -0.4 is 10.9 Å². The first-order chi connectivity index (χ1) is 8.15. The molecule has 6 heteroatoms. The van der Waals surface area contributed by atoms with Gasteiger partial charge < -0.3 is 10.4 Å². The van der Waals surface area contributed by atoms with Crippen molar-refractivity contribution in [1.82, 2.24) is 15.1 Å². The van der Waals surface area contributed by atoms with Crippen molar-refractivity contribution < 1.29 is 5.11 Å². The third kappa shape index (κ3) is 2.94. The molecule has 2 rings (SSSR count). The number of H-pyrrole nitrogens is 1. The SMILES string of the molecule is O=c1ccn(C(=S)N[CH]c2ccc(O)cc2)[nH]1. The average Bonchev–Trinajstić information content (AvgIpc) is 2.75. The van der Waals surface area contributed by atoms with Crippen molar-refractivity contribution in [3.05, 3.63) is 59.0 Å². The first-order valence-electron chi connectivity index (χ1n) is 4.86. The Morgan fingerprint density at radius 3 is 2.65 bits per heavy atom. The number of phenolic OH excluding ortho intramolecular Hbond substituents is 1. The lowest BCUT2D eigenvalue weighted by atomic mass is 10.2. The van der Waals surface area contributed by atoms with Crippen molar-refractivity contribution in [3.63, 3.8) is 0 Å². The summed E-state index contributed by atoms with van der Waals surface area (Å²) in [5.74, 6) is 0.208. The summed E-state index contributed by atoms with van der Waals surface area (Å²) in [7, 11) is 0. The van der Waals surface area contributed by atoms with Crippen LogP contribution in [0.5, 0.6) is 5.75 Å². The van der Waals surface area contributed by atoms with Crippen LogP contribution in [-0.2, 0) is 0 Å². The number of aromatic hydroxyl groups is 1. The number of hydrogen-bond donors (Lipinski definition) is 3. The molecular formula is C11H10N3O2S. The molecule has 3 N–H and O–H groups in total. The smallest absolute Gasteiger partial charge is 0.264 e. The summed E-state index contributed by atoms with van der Waals surface area (Å²) in [5, 5.41) is 14.9. The van der Waals surface area contributed by atoms with E-state index >= 15 is 0 Å². The van der Waals surface area contributed by atoms with E-state index in [1.54, 1.807) is 37.0 Å². The van der Waals surface area contributed by atoms with Crippen LogP contribution in [0.15, 0.2) is 41.3 Å². The van der Waals surface area contributed by atoms with Gasteiger partial charge in [0, 0.05) is 12.3 Å². The Morgan fingerprint density at radius 2 is 2.06 bits per heavy atom. The van der Waals surface area contributed by atoms with E-state index in [9.17, 15) is 4.79 Å². The number of aromatic amines is 1. The molecule has 0 saturated carbocycles. The Kier molecular flexibility index (Phi) is 3.24. The van der Waals surface area contributed by atoms with Crippen LogP contribution in [-0.4, -0.2) is 20.0 Å². The topological polar surface area (TPSA) is 70.1 Å². The third-order valence-electron chi connectivity index (χ3n) is 2.08. The van der Waals surface area contributed by atoms with Crippen molar-refractivity contribution in [3.8, 4) is 5.75 Å². The third-order valence-corrected chi connectivity index (χ3v) is 2.39. The lowest BCUT2D eigenvalue weighted by molar-refractivity contribution is 0.475. The number of benzene rings is 1. The van der Waals surface area contributed by atoms with Gasteiger partial charge in [-0.2, -0.15) is 0 Å². The molecule has 87 valence electrons. The zero-order chi connectivity index (χ0) is 12.3. The fourth-order valence-corrected chi connectivity index (χ4v) is 1.40. The van der Waals surface area contributed by atoms with Gasteiger partial charge in [0.05, 0.1) is 6.54 Å². The second-order valence-corrected chi connectivity index (χ2v) is 3.73. The summed E-state index contributed by atoms with van der Waals surface area (Å²) in [6.45, 7) is 1.68. The molecule has 2 aromatic rings. The van der Waals surface area contributed by atoms with E-state index in [4.69, 9.17) is 17.3 Å². The monoisotopic (exact) mass is 248 g/mol. The molecule has 1 radical (unpaired) electrons. The Labute approximate surface area is 103 Å². The van der Waals surface area contributed by atoms with E-state index in [2.05, 4.69) is 10.4 Å². The molecule has 0 bridgehead atoms. The minimum atomic E-state index is -0.209. The van der Waals surface area contributed by atoms with Gasteiger partial charge in [-0.05, 0) is 29.9 Å². The number of phenols is 1. The summed E-state index contributed by atoms with van der Waals surface area (Å²) in [6.07, 6.45) is 1.54. The number of thiocarbonyl (C=S) groups is 1. The van der Waals surface area contributed by atoms with E-state index in [-0.39, 0.29) is 11.3 Å². The number of rotatable bonds is 2. The molecule has 0 aliphatic heterocycles. The van der Waals surface area contributed by atoms with Gasteiger partial charge >= 0.3 is 0 Å². The zero-order valence-electron chi connectivity index (χ0n) is 8.75. The van der Waals surface area contributed by atoms with Gasteiger partial charge in [0.25, 0.3) is 5.56 Å². The van der Waals surface area contributed by atoms with Gasteiger partial charge in [-0.3, -0.25) is 9.89 Å². The van der Waals surface area contributed by atoms with E-state index in [0.29, 0.717) is 5.11 Å². The summed E-state index contributed by atoms with van der Waals surface area (Å²) < 4.78 is 1.41. The number of nitrogens with one attached hydrogen (secondary N) is 2. The maximum absolute atomic E-state index is 10.9. The highest BCUT2D eigenvalue weighted by Gasteiger charge is 2.00. The minimum absolute atomic E-state index is 0.208. The molecule has 0 fully saturated rings. The first-order valence-corrected chi connectivity index (χ1v) is 5.27. The van der Waals surface area contributed by atoms with Crippen molar-refractivity contribution in [1.29, 1.82) is 0 Å². The molecule has 0 saturated heterocycles. The molecule has 0 aliphatic rings. The predicted molar refractivity (Wildman–Crippen MR) is 67.7 cm³/mol. The van der Waals surface area contributed by atoms with E-state index in [1.807, 2.05) is 0 Å². The molecule has 0 aliphatic carbocycles. The zero-order valence-corrected chi connectivity index (χ0v) is 9.57. The maximum Gasteiger partial charge on any atom is 0.264 e. The summed E-state index contributed by atoms with van der Waals surface area (Å²) in [5.41, 5.74) is 0.651. The maximum atomic E-state index is 10.9. The van der Waals surface area contributed by atoms with Gasteiger partial charge in [0.1, 0.15) is 5.75 Å². The highest BCUT2D eigenvalue weighted by Crippen LogP contribution is 2.09. The molecule has 17 heavy (non-hydrogen) atoms. The average molecular weight is 248 g/mol. The van der Waals surface area contributed by atoms with Crippen molar-refractivity contribution in [2.75, 3.05) is 0 Å². The van der Waals surface area contributed by atoms with Crippen LogP contribution in [0.25, 0.3) is 0 Å². The first kappa shape index (κ1) is 11.4. The Hall–Kier alpha value is -2.08. The standard InChI is InChI=1S/C11H10N3O2S/c15-9-3-1-8(2-4-9)7-12-11(17)14-6-5-10(16)13-14/h1-7,15H,(H,12,17)(H,13,16). The van der Waals surface area contributed by atoms with Gasteiger partial charge in [0.2, 0.25) is 0 Å². The number of nitrogens with zero attached hydrogens (tertiary/aromatic N) is 1. The predicted octanol–water partition coefficient (Wildman–Crippen LogP) is 0.815. The molecule has 5 nitrogen and oxygen atoms in total. The Balaban J connectivity index is 1.96. The second-order valence-electron chi connectivity index (χ2n) is 3.35. The molecule has 0 amide bonds. The lowest BCUT2D eigenvalue weighted by Gasteiger charge is -2.07. The molecular weight excluding hydrogens is 238 g/mol. The minimum Gasteiger partial charge on any atom is -0.508 e. The molecule has 0 unspecified atom stereocenters.